The first-order valence-corrected chi connectivity index (χ1v) is 10.1. The predicted molar refractivity (Wildman–Crippen MR) is 104 cm³/mol. The Morgan fingerprint density at radius 2 is 1.79 bits per heavy atom. The van der Waals surface area contributed by atoms with Gasteiger partial charge in [-0.25, -0.2) is 18.6 Å². The minimum Gasteiger partial charge on any atom is -0.454 e. The van der Waals surface area contributed by atoms with Gasteiger partial charge in [-0.2, -0.15) is 0 Å². The molecule has 0 N–H and O–H groups in total. The van der Waals surface area contributed by atoms with E-state index in [1.54, 1.807) is 47.4 Å². The number of thioether (sulfide) groups is 1. The van der Waals surface area contributed by atoms with Crippen LogP contribution in [-0.4, -0.2) is 23.3 Å². The minimum absolute atomic E-state index is 0.0595. The molecule has 0 saturated heterocycles. The summed E-state index contributed by atoms with van der Waals surface area (Å²) < 4.78 is 31.0. The number of esters is 1. The van der Waals surface area contributed by atoms with Crippen LogP contribution in [0.3, 0.4) is 0 Å². The Bertz CT molecular complexity index is 1000. The SMILES string of the molecule is Cc1nc(CSc2ccc(C(=O)OCC(=O)c3ccc(F)c(F)c3)cc2)cs1. The van der Waals surface area contributed by atoms with Gasteiger partial charge < -0.3 is 4.74 Å². The molecule has 0 unspecified atom stereocenters. The highest BCUT2D eigenvalue weighted by Crippen LogP contribution is 2.24. The van der Waals surface area contributed by atoms with Crippen molar-refractivity contribution in [2.75, 3.05) is 6.61 Å². The van der Waals surface area contributed by atoms with Gasteiger partial charge in [0.1, 0.15) is 0 Å². The molecule has 0 amide bonds. The average molecular weight is 419 g/mol. The molecule has 0 aliphatic rings. The number of Topliss-reactive ketones (excluding diaryl/α,β-unsaturated/α-hetero) is 1. The third-order valence-electron chi connectivity index (χ3n) is 3.72. The van der Waals surface area contributed by atoms with E-state index in [1.165, 1.54) is 0 Å². The summed E-state index contributed by atoms with van der Waals surface area (Å²) in [6.45, 7) is 1.40. The number of hydrogen-bond donors (Lipinski definition) is 0. The number of aromatic nitrogens is 1. The highest BCUT2D eigenvalue weighted by atomic mass is 32.2. The summed E-state index contributed by atoms with van der Waals surface area (Å²) in [6.07, 6.45) is 0. The summed E-state index contributed by atoms with van der Waals surface area (Å²) in [5.41, 5.74) is 1.24. The van der Waals surface area contributed by atoms with Gasteiger partial charge in [-0.05, 0) is 49.4 Å². The Kier molecular flexibility index (Phi) is 6.53. The van der Waals surface area contributed by atoms with Crippen molar-refractivity contribution in [2.45, 2.75) is 17.6 Å². The fraction of sp³-hybridized carbons (Fsp3) is 0.150. The number of halogens is 2. The number of benzene rings is 2. The van der Waals surface area contributed by atoms with Crippen LogP contribution in [0.1, 0.15) is 31.4 Å². The van der Waals surface area contributed by atoms with Crippen molar-refractivity contribution in [3.05, 3.63) is 81.3 Å². The first kappa shape index (κ1) is 20.2. The monoisotopic (exact) mass is 419 g/mol. The number of nitrogens with zero attached hydrogens (tertiary/aromatic N) is 1. The zero-order valence-electron chi connectivity index (χ0n) is 14.8. The van der Waals surface area contributed by atoms with Crippen LogP contribution < -0.4 is 0 Å². The van der Waals surface area contributed by atoms with Gasteiger partial charge in [0.15, 0.2) is 24.0 Å². The minimum atomic E-state index is -1.13. The van der Waals surface area contributed by atoms with Crippen LogP contribution in [0.5, 0.6) is 0 Å². The van der Waals surface area contributed by atoms with E-state index in [-0.39, 0.29) is 5.56 Å². The lowest BCUT2D eigenvalue weighted by molar-refractivity contribution is 0.0474. The number of rotatable bonds is 7. The maximum atomic E-state index is 13.2. The van der Waals surface area contributed by atoms with Gasteiger partial charge in [-0.1, -0.05) is 0 Å². The van der Waals surface area contributed by atoms with E-state index < -0.39 is 30.0 Å². The fourth-order valence-corrected chi connectivity index (χ4v) is 3.80. The first-order valence-electron chi connectivity index (χ1n) is 8.21. The van der Waals surface area contributed by atoms with Gasteiger partial charge >= 0.3 is 5.97 Å². The molecule has 8 heteroatoms. The molecule has 144 valence electrons. The van der Waals surface area contributed by atoms with Crippen molar-refractivity contribution in [2.24, 2.45) is 0 Å². The smallest absolute Gasteiger partial charge is 0.338 e. The molecule has 2 aromatic carbocycles. The molecule has 0 spiro atoms. The molecule has 3 aromatic rings. The lowest BCUT2D eigenvalue weighted by Crippen LogP contribution is -2.14. The Labute approximate surface area is 168 Å². The van der Waals surface area contributed by atoms with E-state index in [0.717, 1.165) is 39.5 Å². The van der Waals surface area contributed by atoms with Gasteiger partial charge in [0.2, 0.25) is 0 Å². The van der Waals surface area contributed by atoms with E-state index in [4.69, 9.17) is 4.74 Å². The van der Waals surface area contributed by atoms with Crippen molar-refractivity contribution in [1.82, 2.24) is 4.98 Å². The molecule has 1 heterocycles. The molecule has 0 aliphatic heterocycles. The molecule has 0 bridgehead atoms. The molecule has 3 rings (SSSR count). The lowest BCUT2D eigenvalue weighted by atomic mass is 10.1. The predicted octanol–water partition coefficient (Wildman–Crippen LogP) is 5.06. The number of aryl methyl sites for hydroxylation is 1. The maximum Gasteiger partial charge on any atom is 0.338 e. The topological polar surface area (TPSA) is 56.3 Å². The molecule has 0 atom stereocenters. The van der Waals surface area contributed by atoms with Gasteiger partial charge in [0.05, 0.1) is 16.3 Å². The second-order valence-corrected chi connectivity index (χ2v) is 7.91. The van der Waals surface area contributed by atoms with Gasteiger partial charge in [0.25, 0.3) is 0 Å². The van der Waals surface area contributed by atoms with Crippen LogP contribution in [0.2, 0.25) is 0 Å². The maximum absolute atomic E-state index is 13.2. The van der Waals surface area contributed by atoms with E-state index >= 15 is 0 Å². The van der Waals surface area contributed by atoms with Crippen molar-refractivity contribution >= 4 is 34.9 Å². The molecule has 0 radical (unpaired) electrons. The van der Waals surface area contributed by atoms with Crippen molar-refractivity contribution in [1.29, 1.82) is 0 Å². The third kappa shape index (κ3) is 5.24. The summed E-state index contributed by atoms with van der Waals surface area (Å²) in [7, 11) is 0. The van der Waals surface area contributed by atoms with E-state index in [1.807, 2.05) is 12.3 Å². The third-order valence-corrected chi connectivity index (χ3v) is 5.59. The summed E-state index contributed by atoms with van der Waals surface area (Å²) in [4.78, 5) is 29.4. The number of ketones is 1. The highest BCUT2D eigenvalue weighted by Gasteiger charge is 2.14. The summed E-state index contributed by atoms with van der Waals surface area (Å²) in [5.74, 6) is -2.72. The van der Waals surface area contributed by atoms with Crippen LogP contribution in [0, 0.1) is 18.6 Å². The van der Waals surface area contributed by atoms with E-state index in [0.29, 0.717) is 5.56 Å². The second-order valence-electron chi connectivity index (χ2n) is 5.80. The van der Waals surface area contributed by atoms with Crippen LogP contribution in [0.4, 0.5) is 8.78 Å². The lowest BCUT2D eigenvalue weighted by Gasteiger charge is -2.06. The van der Waals surface area contributed by atoms with Gasteiger partial charge in [-0.15, -0.1) is 23.1 Å². The standard InChI is InChI=1S/C20H15F2NO3S2/c1-12-23-15(10-27-12)11-28-16-5-2-13(3-6-16)20(25)26-9-19(24)14-4-7-17(21)18(22)8-14/h2-8,10H,9,11H2,1H3. The quantitative estimate of drug-likeness (QED) is 0.304. The van der Waals surface area contributed by atoms with Crippen LogP contribution in [0.25, 0.3) is 0 Å². The summed E-state index contributed by atoms with van der Waals surface area (Å²) in [5, 5.41) is 3.03. The van der Waals surface area contributed by atoms with E-state index in [2.05, 4.69) is 4.98 Å². The number of carbonyl (C=O) groups is 2. The molecule has 28 heavy (non-hydrogen) atoms. The van der Waals surface area contributed by atoms with E-state index in [9.17, 15) is 18.4 Å². The zero-order valence-corrected chi connectivity index (χ0v) is 16.4. The largest absolute Gasteiger partial charge is 0.454 e. The van der Waals surface area contributed by atoms with Gasteiger partial charge in [0, 0.05) is 21.6 Å². The Morgan fingerprint density at radius 1 is 1.07 bits per heavy atom. The van der Waals surface area contributed by atoms with Gasteiger partial charge in [-0.3, -0.25) is 4.79 Å². The number of carbonyl (C=O) groups excluding carboxylic acids is 2. The average Bonchev–Trinajstić information content (AvgIpc) is 3.12. The molecule has 4 nitrogen and oxygen atoms in total. The van der Waals surface area contributed by atoms with Crippen molar-refractivity contribution < 1.29 is 23.1 Å². The number of thiazole rings is 1. The summed E-state index contributed by atoms with van der Waals surface area (Å²) >= 11 is 3.20. The zero-order chi connectivity index (χ0) is 20.1. The normalized spacial score (nSPS) is 10.7. The molecular weight excluding hydrogens is 404 g/mol. The molecular formula is C20H15F2NO3S2. The van der Waals surface area contributed by atoms with Crippen molar-refractivity contribution in [3.63, 3.8) is 0 Å². The van der Waals surface area contributed by atoms with Crippen LogP contribution >= 0.6 is 23.1 Å². The molecule has 1 aromatic heterocycles. The molecule has 0 fully saturated rings. The molecule has 0 saturated carbocycles. The first-order chi connectivity index (χ1) is 13.4. The Morgan fingerprint density at radius 3 is 2.43 bits per heavy atom. The Balaban J connectivity index is 1.52. The highest BCUT2D eigenvalue weighted by molar-refractivity contribution is 7.98. The van der Waals surface area contributed by atoms with Crippen LogP contribution in [-0.2, 0) is 10.5 Å². The number of ether oxygens (including phenoxy) is 1. The second kappa shape index (κ2) is 9.07. The van der Waals surface area contributed by atoms with Crippen LogP contribution in [0.15, 0.2) is 52.7 Å². The Hall–Kier alpha value is -2.58. The summed E-state index contributed by atoms with van der Waals surface area (Å²) in [6, 6.07) is 9.58. The number of hydrogen-bond acceptors (Lipinski definition) is 6. The van der Waals surface area contributed by atoms with Crippen molar-refractivity contribution in [3.8, 4) is 0 Å². The fourth-order valence-electron chi connectivity index (χ4n) is 2.29. The molecule has 0 aliphatic carbocycles.